The van der Waals surface area contributed by atoms with Crippen molar-refractivity contribution in [3.8, 4) is 11.3 Å². The van der Waals surface area contributed by atoms with Gasteiger partial charge in [0, 0.05) is 25.4 Å². The van der Waals surface area contributed by atoms with Gasteiger partial charge in [-0.05, 0) is 35.9 Å². The number of hydrogen-bond acceptors (Lipinski definition) is 6. The second-order valence-corrected chi connectivity index (χ2v) is 7.12. The summed E-state index contributed by atoms with van der Waals surface area (Å²) in [5.41, 5.74) is 0.632. The van der Waals surface area contributed by atoms with Crippen LogP contribution in [0.25, 0.3) is 17.4 Å². The molecule has 31 heavy (non-hydrogen) atoms. The van der Waals surface area contributed by atoms with Crippen molar-refractivity contribution in [2.75, 3.05) is 13.1 Å². The van der Waals surface area contributed by atoms with Gasteiger partial charge in [-0.3, -0.25) is 15.1 Å². The van der Waals surface area contributed by atoms with Crippen LogP contribution in [0.15, 0.2) is 63.8 Å². The molecule has 10 heteroatoms. The van der Waals surface area contributed by atoms with E-state index >= 15 is 0 Å². The van der Waals surface area contributed by atoms with Crippen LogP contribution in [-0.2, 0) is 6.54 Å². The standard InChI is InChI=1S/C21H15ClF2N4O3/c22-20-6-1-13(11-26-20)12-27-8-7-25-21(27)18(28(29)30)10-15-3-5-19(31-15)16-4-2-14(23)9-17(16)24/h1-6,9-11H,7-8,12H2/b18-10+. The fourth-order valence-electron chi connectivity index (χ4n) is 3.20. The number of aliphatic imine (C=N–C) groups is 1. The summed E-state index contributed by atoms with van der Waals surface area (Å²) in [6.07, 6.45) is 2.84. The highest BCUT2D eigenvalue weighted by Gasteiger charge is 2.29. The summed E-state index contributed by atoms with van der Waals surface area (Å²) in [6.45, 7) is 1.29. The Hall–Kier alpha value is -3.59. The summed E-state index contributed by atoms with van der Waals surface area (Å²) in [6, 6.07) is 9.47. The van der Waals surface area contributed by atoms with Crippen LogP contribution >= 0.6 is 11.6 Å². The highest BCUT2D eigenvalue weighted by atomic mass is 35.5. The second-order valence-electron chi connectivity index (χ2n) is 6.73. The maximum absolute atomic E-state index is 14.0. The molecule has 0 bridgehead atoms. The Kier molecular flexibility index (Phi) is 5.77. The van der Waals surface area contributed by atoms with E-state index in [1.807, 2.05) is 0 Å². The first-order chi connectivity index (χ1) is 14.9. The minimum absolute atomic E-state index is 0.0544. The van der Waals surface area contributed by atoms with Crippen molar-refractivity contribution in [1.29, 1.82) is 0 Å². The average molecular weight is 445 g/mol. The van der Waals surface area contributed by atoms with Crippen molar-refractivity contribution in [2.24, 2.45) is 4.99 Å². The van der Waals surface area contributed by atoms with E-state index in [1.54, 1.807) is 23.2 Å². The molecule has 3 heterocycles. The number of nitro groups is 1. The van der Waals surface area contributed by atoms with Crippen molar-refractivity contribution in [3.63, 3.8) is 0 Å². The lowest BCUT2D eigenvalue weighted by atomic mass is 10.1. The average Bonchev–Trinajstić information content (AvgIpc) is 3.37. The summed E-state index contributed by atoms with van der Waals surface area (Å²) < 4.78 is 32.7. The zero-order chi connectivity index (χ0) is 22.0. The molecule has 0 fully saturated rings. The third kappa shape index (κ3) is 4.61. The second kappa shape index (κ2) is 8.65. The number of pyridine rings is 1. The lowest BCUT2D eigenvalue weighted by Gasteiger charge is -2.18. The molecule has 1 aliphatic heterocycles. The molecule has 158 valence electrons. The van der Waals surface area contributed by atoms with Crippen LogP contribution in [0, 0.1) is 21.7 Å². The molecule has 0 atom stereocenters. The predicted octanol–water partition coefficient (Wildman–Crippen LogP) is 4.81. The van der Waals surface area contributed by atoms with Gasteiger partial charge in [0.05, 0.1) is 23.1 Å². The van der Waals surface area contributed by atoms with Crippen LogP contribution in [0.3, 0.4) is 0 Å². The molecule has 0 N–H and O–H groups in total. The Morgan fingerprint density at radius 3 is 2.81 bits per heavy atom. The Morgan fingerprint density at radius 1 is 1.26 bits per heavy atom. The van der Waals surface area contributed by atoms with Gasteiger partial charge in [0.1, 0.15) is 28.3 Å². The topological polar surface area (TPSA) is 84.8 Å². The Morgan fingerprint density at radius 2 is 2.10 bits per heavy atom. The lowest BCUT2D eigenvalue weighted by Crippen LogP contribution is -2.30. The van der Waals surface area contributed by atoms with Gasteiger partial charge in [-0.15, -0.1) is 0 Å². The van der Waals surface area contributed by atoms with Crippen molar-refractivity contribution in [1.82, 2.24) is 9.88 Å². The maximum Gasteiger partial charge on any atom is 0.314 e. The first-order valence-corrected chi connectivity index (χ1v) is 9.60. The molecule has 0 spiro atoms. The molecule has 0 saturated carbocycles. The SMILES string of the molecule is O=[N+]([O-])/C(=C/c1ccc(-c2ccc(F)cc2F)o1)C1=NCCN1Cc1ccc(Cl)nc1. The highest BCUT2D eigenvalue weighted by molar-refractivity contribution is 6.29. The van der Waals surface area contributed by atoms with Gasteiger partial charge in [-0.25, -0.2) is 13.8 Å². The molecule has 0 amide bonds. The molecular weight excluding hydrogens is 430 g/mol. The largest absolute Gasteiger partial charge is 0.456 e. The van der Waals surface area contributed by atoms with Crippen LogP contribution in [0.5, 0.6) is 0 Å². The summed E-state index contributed by atoms with van der Waals surface area (Å²) in [7, 11) is 0. The van der Waals surface area contributed by atoms with Gasteiger partial charge >= 0.3 is 5.70 Å². The van der Waals surface area contributed by atoms with Gasteiger partial charge in [0.15, 0.2) is 0 Å². The number of aromatic nitrogens is 1. The molecule has 7 nitrogen and oxygen atoms in total. The highest BCUT2D eigenvalue weighted by Crippen LogP contribution is 2.27. The van der Waals surface area contributed by atoms with Crippen molar-refractivity contribution < 1.29 is 18.1 Å². The van der Waals surface area contributed by atoms with Crippen molar-refractivity contribution in [2.45, 2.75) is 6.54 Å². The summed E-state index contributed by atoms with van der Waals surface area (Å²) in [4.78, 5) is 21.3. The molecule has 0 radical (unpaired) electrons. The molecule has 3 aromatic rings. The number of benzene rings is 1. The van der Waals surface area contributed by atoms with E-state index in [9.17, 15) is 18.9 Å². The lowest BCUT2D eigenvalue weighted by molar-refractivity contribution is -0.414. The zero-order valence-electron chi connectivity index (χ0n) is 16.0. The van der Waals surface area contributed by atoms with Gasteiger partial charge in [0.2, 0.25) is 5.84 Å². The molecule has 1 aromatic carbocycles. The molecular formula is C21H15ClF2N4O3. The Bertz CT molecular complexity index is 1190. The molecule has 0 saturated heterocycles. The fourth-order valence-corrected chi connectivity index (χ4v) is 3.31. The van der Waals surface area contributed by atoms with E-state index in [4.69, 9.17) is 16.0 Å². The normalized spacial score (nSPS) is 14.1. The fraction of sp³-hybridized carbons (Fsp3) is 0.143. The summed E-state index contributed by atoms with van der Waals surface area (Å²) in [5, 5.41) is 12.1. The van der Waals surface area contributed by atoms with Crippen LogP contribution < -0.4 is 0 Å². The predicted molar refractivity (Wildman–Crippen MR) is 111 cm³/mol. The van der Waals surface area contributed by atoms with E-state index in [0.717, 1.165) is 17.7 Å². The monoisotopic (exact) mass is 444 g/mol. The third-order valence-corrected chi connectivity index (χ3v) is 4.84. The van der Waals surface area contributed by atoms with E-state index < -0.39 is 16.6 Å². The number of amidine groups is 1. The molecule has 0 unspecified atom stereocenters. The van der Waals surface area contributed by atoms with Crippen LogP contribution in [0.1, 0.15) is 11.3 Å². The number of nitrogens with zero attached hydrogens (tertiary/aromatic N) is 4. The van der Waals surface area contributed by atoms with Crippen LogP contribution in [0.4, 0.5) is 8.78 Å². The minimum Gasteiger partial charge on any atom is -0.456 e. The maximum atomic E-state index is 14.0. The number of rotatable bonds is 6. The van der Waals surface area contributed by atoms with Gasteiger partial charge in [-0.2, -0.15) is 0 Å². The van der Waals surface area contributed by atoms with E-state index in [2.05, 4.69) is 9.98 Å². The smallest absolute Gasteiger partial charge is 0.314 e. The van der Waals surface area contributed by atoms with Crippen molar-refractivity contribution in [3.05, 3.63) is 92.6 Å². The quantitative estimate of drug-likeness (QED) is 0.309. The molecule has 2 aromatic heterocycles. The van der Waals surface area contributed by atoms with Gasteiger partial charge < -0.3 is 9.32 Å². The van der Waals surface area contributed by atoms with E-state index in [-0.39, 0.29) is 28.6 Å². The van der Waals surface area contributed by atoms with Gasteiger partial charge in [0.25, 0.3) is 0 Å². The van der Waals surface area contributed by atoms with Crippen LogP contribution in [-0.4, -0.2) is 33.7 Å². The number of halogens is 3. The van der Waals surface area contributed by atoms with Gasteiger partial charge in [-0.1, -0.05) is 17.7 Å². The molecule has 4 rings (SSSR count). The summed E-state index contributed by atoms with van der Waals surface area (Å²) in [5.74, 6) is -1.01. The number of furan rings is 1. The van der Waals surface area contributed by atoms with E-state index in [1.165, 1.54) is 24.3 Å². The van der Waals surface area contributed by atoms with Crippen LogP contribution in [0.2, 0.25) is 5.15 Å². The molecule has 1 aliphatic rings. The first kappa shape index (κ1) is 20.7. The zero-order valence-corrected chi connectivity index (χ0v) is 16.7. The Labute approximate surface area is 180 Å². The molecule has 0 aliphatic carbocycles. The Balaban J connectivity index is 1.60. The first-order valence-electron chi connectivity index (χ1n) is 9.22. The van der Waals surface area contributed by atoms with Crippen molar-refractivity contribution >= 4 is 23.5 Å². The minimum atomic E-state index is -0.790. The summed E-state index contributed by atoms with van der Waals surface area (Å²) >= 11 is 5.80. The van der Waals surface area contributed by atoms with E-state index in [0.29, 0.717) is 24.8 Å². The third-order valence-electron chi connectivity index (χ3n) is 4.62. The number of hydrogen-bond donors (Lipinski definition) is 0.